The number of hydrogen-bond donors (Lipinski definition) is 2. The number of ether oxygens (including phenoxy) is 1. The fourth-order valence-electron chi connectivity index (χ4n) is 2.44. The normalized spacial score (nSPS) is 10.6. The van der Waals surface area contributed by atoms with Crippen LogP contribution in [0.1, 0.15) is 0 Å². The lowest BCUT2D eigenvalue weighted by Crippen LogP contribution is -1.98. The van der Waals surface area contributed by atoms with Crippen molar-refractivity contribution < 1.29 is 14.2 Å². The second kappa shape index (κ2) is 7.31. The van der Waals surface area contributed by atoms with Crippen molar-refractivity contribution in [3.63, 3.8) is 0 Å². The number of nitroso groups, excluding NO2 is 1. The molecule has 6 nitrogen and oxygen atoms in total. The average Bonchev–Trinajstić information content (AvgIpc) is 3.11. The van der Waals surface area contributed by atoms with Crippen LogP contribution in [0.4, 0.5) is 10.1 Å². The Bertz CT molecular complexity index is 914. The maximum atomic E-state index is 12.3. The summed E-state index contributed by atoms with van der Waals surface area (Å²) in [5, 5.41) is 19.9. The standard InChI is InChI=1S/C17H13ClFN3O3/c18-14-7-12(16(23)8-15(14)22-24)17-13(9-20-21-17)10-2-1-3-11(6-10)25-5-4-19/h1-3,6-9,23H,4-5H2,(H,20,21). The first-order chi connectivity index (χ1) is 12.1. The number of nitrogens with one attached hydrogen (secondary N) is 1. The minimum atomic E-state index is -0.579. The summed E-state index contributed by atoms with van der Waals surface area (Å²) in [7, 11) is 0. The van der Waals surface area contributed by atoms with E-state index < -0.39 is 6.67 Å². The van der Waals surface area contributed by atoms with Crippen molar-refractivity contribution >= 4 is 17.3 Å². The second-order valence-electron chi connectivity index (χ2n) is 5.14. The van der Waals surface area contributed by atoms with Crippen molar-refractivity contribution in [2.75, 3.05) is 13.3 Å². The van der Waals surface area contributed by atoms with Crippen LogP contribution in [0.3, 0.4) is 0 Å². The van der Waals surface area contributed by atoms with Crippen LogP contribution in [-0.2, 0) is 0 Å². The Morgan fingerprint density at radius 2 is 2.12 bits per heavy atom. The van der Waals surface area contributed by atoms with Crippen LogP contribution in [0.25, 0.3) is 22.4 Å². The van der Waals surface area contributed by atoms with E-state index in [4.69, 9.17) is 16.3 Å². The second-order valence-corrected chi connectivity index (χ2v) is 5.54. The number of halogens is 2. The first-order valence-corrected chi connectivity index (χ1v) is 7.70. The molecule has 0 saturated heterocycles. The van der Waals surface area contributed by atoms with E-state index in [1.807, 2.05) is 6.07 Å². The number of nitrogens with zero attached hydrogens (tertiary/aromatic N) is 2. The van der Waals surface area contributed by atoms with Gasteiger partial charge < -0.3 is 9.84 Å². The Labute approximate surface area is 147 Å². The number of aromatic amines is 1. The summed E-state index contributed by atoms with van der Waals surface area (Å²) in [6, 6.07) is 9.69. The number of aromatic nitrogens is 2. The van der Waals surface area contributed by atoms with Gasteiger partial charge in [-0.15, -0.1) is 4.91 Å². The molecule has 0 spiro atoms. The zero-order valence-corrected chi connectivity index (χ0v) is 13.6. The topological polar surface area (TPSA) is 87.6 Å². The molecule has 0 radical (unpaired) electrons. The summed E-state index contributed by atoms with van der Waals surface area (Å²) in [4.78, 5) is 10.7. The largest absolute Gasteiger partial charge is 0.507 e. The monoisotopic (exact) mass is 361 g/mol. The quantitative estimate of drug-likeness (QED) is 0.614. The van der Waals surface area contributed by atoms with E-state index in [0.717, 1.165) is 5.56 Å². The molecule has 2 N–H and O–H groups in total. The van der Waals surface area contributed by atoms with Gasteiger partial charge >= 0.3 is 0 Å². The highest BCUT2D eigenvalue weighted by Crippen LogP contribution is 2.41. The third-order valence-electron chi connectivity index (χ3n) is 3.56. The summed E-state index contributed by atoms with van der Waals surface area (Å²) in [6.07, 6.45) is 1.59. The highest BCUT2D eigenvalue weighted by Gasteiger charge is 2.16. The maximum absolute atomic E-state index is 12.3. The van der Waals surface area contributed by atoms with Crippen LogP contribution in [0, 0.1) is 4.91 Å². The molecule has 0 aliphatic carbocycles. The lowest BCUT2D eigenvalue weighted by molar-refractivity contribution is 0.273. The van der Waals surface area contributed by atoms with E-state index in [2.05, 4.69) is 15.4 Å². The van der Waals surface area contributed by atoms with E-state index in [1.165, 1.54) is 12.1 Å². The molecule has 8 heteroatoms. The molecule has 1 heterocycles. The summed E-state index contributed by atoms with van der Waals surface area (Å²) < 4.78 is 17.6. The number of phenolic OH excluding ortho intramolecular Hbond substituents is 1. The van der Waals surface area contributed by atoms with Crippen LogP contribution >= 0.6 is 11.6 Å². The SMILES string of the molecule is O=Nc1cc(O)c(-c2[nH]ncc2-c2cccc(OCCF)c2)cc1Cl. The van der Waals surface area contributed by atoms with E-state index >= 15 is 0 Å². The van der Waals surface area contributed by atoms with Crippen LogP contribution in [0.2, 0.25) is 5.02 Å². The zero-order valence-electron chi connectivity index (χ0n) is 12.9. The van der Waals surface area contributed by atoms with E-state index in [9.17, 15) is 14.4 Å². The molecule has 128 valence electrons. The number of benzene rings is 2. The van der Waals surface area contributed by atoms with Crippen LogP contribution in [0.15, 0.2) is 47.8 Å². The summed E-state index contributed by atoms with van der Waals surface area (Å²) in [5.41, 5.74) is 2.28. The zero-order chi connectivity index (χ0) is 17.8. The van der Waals surface area contributed by atoms with Gasteiger partial charge in [0.1, 0.15) is 30.5 Å². The number of phenols is 1. The predicted molar refractivity (Wildman–Crippen MR) is 93.1 cm³/mol. The van der Waals surface area contributed by atoms with Crippen molar-refractivity contribution in [1.82, 2.24) is 10.2 Å². The van der Waals surface area contributed by atoms with Gasteiger partial charge in [0.2, 0.25) is 0 Å². The van der Waals surface area contributed by atoms with Crippen molar-refractivity contribution in [2.24, 2.45) is 5.18 Å². The highest BCUT2D eigenvalue weighted by molar-refractivity contribution is 6.33. The Balaban J connectivity index is 2.05. The number of H-pyrrole nitrogens is 1. The first kappa shape index (κ1) is 16.9. The van der Waals surface area contributed by atoms with Crippen molar-refractivity contribution in [1.29, 1.82) is 0 Å². The highest BCUT2D eigenvalue weighted by atomic mass is 35.5. The molecule has 1 aromatic heterocycles. The average molecular weight is 362 g/mol. The van der Waals surface area contributed by atoms with Crippen LogP contribution in [-0.4, -0.2) is 28.6 Å². The number of alkyl halides is 1. The Morgan fingerprint density at radius 1 is 1.28 bits per heavy atom. The smallest absolute Gasteiger partial charge is 0.130 e. The molecule has 0 aliphatic rings. The molecule has 0 saturated carbocycles. The Morgan fingerprint density at radius 3 is 2.88 bits per heavy atom. The van der Waals surface area contributed by atoms with Gasteiger partial charge in [0.15, 0.2) is 0 Å². The first-order valence-electron chi connectivity index (χ1n) is 7.33. The van der Waals surface area contributed by atoms with Gasteiger partial charge in [-0.25, -0.2) is 4.39 Å². The molecular formula is C17H13ClFN3O3. The van der Waals surface area contributed by atoms with Crippen molar-refractivity contribution in [3.05, 3.63) is 52.5 Å². The lowest BCUT2D eigenvalue weighted by atomic mass is 10.0. The van der Waals surface area contributed by atoms with Crippen LogP contribution < -0.4 is 4.74 Å². The van der Waals surface area contributed by atoms with Crippen molar-refractivity contribution in [2.45, 2.75) is 0 Å². The molecule has 0 atom stereocenters. The van der Waals surface area contributed by atoms with Gasteiger partial charge in [-0.1, -0.05) is 23.7 Å². The molecule has 25 heavy (non-hydrogen) atoms. The molecular weight excluding hydrogens is 349 g/mol. The van der Waals surface area contributed by atoms with E-state index in [0.29, 0.717) is 22.6 Å². The lowest BCUT2D eigenvalue weighted by Gasteiger charge is -2.09. The molecule has 2 aromatic carbocycles. The Kier molecular flexibility index (Phi) is 4.95. The fraction of sp³-hybridized carbons (Fsp3) is 0.118. The van der Waals surface area contributed by atoms with Gasteiger partial charge in [-0.2, -0.15) is 5.10 Å². The van der Waals surface area contributed by atoms with Crippen LogP contribution in [0.5, 0.6) is 11.5 Å². The van der Waals surface area contributed by atoms with Gasteiger partial charge in [-0.3, -0.25) is 5.10 Å². The third-order valence-corrected chi connectivity index (χ3v) is 3.87. The molecule has 3 rings (SSSR count). The molecule has 0 fully saturated rings. The van der Waals surface area contributed by atoms with Gasteiger partial charge in [0, 0.05) is 17.2 Å². The summed E-state index contributed by atoms with van der Waals surface area (Å²) >= 11 is 6.00. The number of hydrogen-bond acceptors (Lipinski definition) is 5. The van der Waals surface area contributed by atoms with E-state index in [1.54, 1.807) is 24.4 Å². The third kappa shape index (κ3) is 3.46. The minimum absolute atomic E-state index is 0.0295. The molecule has 0 unspecified atom stereocenters. The van der Waals surface area contributed by atoms with Gasteiger partial charge in [0.05, 0.1) is 16.9 Å². The maximum Gasteiger partial charge on any atom is 0.130 e. The number of aromatic hydroxyl groups is 1. The molecule has 0 amide bonds. The molecule has 3 aromatic rings. The molecule has 0 bridgehead atoms. The van der Waals surface area contributed by atoms with Crippen molar-refractivity contribution in [3.8, 4) is 33.9 Å². The van der Waals surface area contributed by atoms with Gasteiger partial charge in [-0.05, 0) is 28.9 Å². The predicted octanol–water partition coefficient (Wildman–Crippen LogP) is 4.85. The van der Waals surface area contributed by atoms with Gasteiger partial charge in [0.25, 0.3) is 0 Å². The van der Waals surface area contributed by atoms with E-state index in [-0.39, 0.29) is 23.1 Å². The molecule has 0 aliphatic heterocycles. The Hall–Kier alpha value is -2.93. The minimum Gasteiger partial charge on any atom is -0.507 e. The number of rotatable bonds is 6. The summed E-state index contributed by atoms with van der Waals surface area (Å²) in [5.74, 6) is 0.361. The summed E-state index contributed by atoms with van der Waals surface area (Å²) in [6.45, 7) is -0.608. The fourth-order valence-corrected chi connectivity index (χ4v) is 2.64.